The standard InChI is InChI=1S/C22H25F2N3.ClH/c23-19-10-17(16-6-7-21-22(12-16)27-14-26-21)11-20(24)18(19)13-25-9-8-15-4-2-1-3-5-15;/h6-7,10-12,14-15,25H,1-5,8-9,13H2,(H,26,27);1H. The van der Waals surface area contributed by atoms with E-state index in [1.54, 1.807) is 6.33 Å². The molecule has 0 atom stereocenters. The van der Waals surface area contributed by atoms with E-state index in [0.717, 1.165) is 35.5 Å². The molecule has 2 aromatic carbocycles. The Kier molecular flexibility index (Phi) is 7.03. The second-order valence-corrected chi connectivity index (χ2v) is 7.52. The summed E-state index contributed by atoms with van der Waals surface area (Å²) in [7, 11) is 0. The van der Waals surface area contributed by atoms with Crippen molar-refractivity contribution in [2.75, 3.05) is 6.54 Å². The molecule has 0 aliphatic heterocycles. The van der Waals surface area contributed by atoms with E-state index in [1.165, 1.54) is 44.2 Å². The van der Waals surface area contributed by atoms with Gasteiger partial charge in [-0.3, -0.25) is 0 Å². The molecule has 28 heavy (non-hydrogen) atoms. The summed E-state index contributed by atoms with van der Waals surface area (Å²) in [4.78, 5) is 7.22. The van der Waals surface area contributed by atoms with Crippen LogP contribution in [0, 0.1) is 17.6 Å². The second-order valence-electron chi connectivity index (χ2n) is 7.52. The highest BCUT2D eigenvalue weighted by atomic mass is 35.5. The predicted molar refractivity (Wildman–Crippen MR) is 112 cm³/mol. The van der Waals surface area contributed by atoms with Crippen molar-refractivity contribution in [2.45, 2.75) is 45.1 Å². The molecule has 2 N–H and O–H groups in total. The molecule has 1 aliphatic rings. The maximum Gasteiger partial charge on any atom is 0.131 e. The Morgan fingerprint density at radius 2 is 1.75 bits per heavy atom. The Balaban J connectivity index is 0.00000225. The molecule has 1 heterocycles. The third kappa shape index (κ3) is 4.70. The van der Waals surface area contributed by atoms with Crippen LogP contribution in [0.15, 0.2) is 36.7 Å². The van der Waals surface area contributed by atoms with Gasteiger partial charge >= 0.3 is 0 Å². The molecule has 0 amide bonds. The summed E-state index contributed by atoms with van der Waals surface area (Å²) in [5, 5.41) is 3.22. The molecule has 1 aliphatic carbocycles. The van der Waals surface area contributed by atoms with Gasteiger partial charge in [-0.2, -0.15) is 0 Å². The zero-order chi connectivity index (χ0) is 18.6. The zero-order valence-corrected chi connectivity index (χ0v) is 16.6. The van der Waals surface area contributed by atoms with Gasteiger partial charge in [0.15, 0.2) is 0 Å². The Bertz CT molecular complexity index is 896. The largest absolute Gasteiger partial charge is 0.345 e. The molecule has 3 nitrogen and oxygen atoms in total. The Labute approximate surface area is 170 Å². The van der Waals surface area contributed by atoms with Crippen molar-refractivity contribution < 1.29 is 8.78 Å². The van der Waals surface area contributed by atoms with Crippen LogP contribution in [0.2, 0.25) is 0 Å². The lowest BCUT2D eigenvalue weighted by Crippen LogP contribution is -2.20. The highest BCUT2D eigenvalue weighted by Crippen LogP contribution is 2.27. The molecule has 3 aromatic rings. The molecule has 4 rings (SSSR count). The molecular formula is C22H26ClF2N3. The normalized spacial score (nSPS) is 14.9. The number of fused-ring (bicyclic) bond motifs is 1. The SMILES string of the molecule is Cl.Fc1cc(-c2ccc3[nH]cnc3c2)cc(F)c1CNCCC1CCCCC1. The van der Waals surface area contributed by atoms with Gasteiger partial charge in [0, 0.05) is 12.1 Å². The maximum absolute atomic E-state index is 14.5. The molecule has 0 radical (unpaired) electrons. The maximum atomic E-state index is 14.5. The van der Waals surface area contributed by atoms with Crippen LogP contribution in [0.1, 0.15) is 44.1 Å². The van der Waals surface area contributed by atoms with Crippen molar-refractivity contribution in [1.82, 2.24) is 15.3 Å². The third-order valence-corrected chi connectivity index (χ3v) is 5.65. The number of hydrogen-bond acceptors (Lipinski definition) is 2. The number of aromatic nitrogens is 2. The first kappa shape index (κ1) is 20.7. The van der Waals surface area contributed by atoms with E-state index in [2.05, 4.69) is 15.3 Å². The fourth-order valence-electron chi connectivity index (χ4n) is 4.05. The Morgan fingerprint density at radius 3 is 2.50 bits per heavy atom. The first-order chi connectivity index (χ1) is 13.2. The van der Waals surface area contributed by atoms with Crippen molar-refractivity contribution >= 4 is 23.4 Å². The minimum absolute atomic E-state index is 0. The lowest BCUT2D eigenvalue weighted by atomic mass is 9.87. The predicted octanol–water partition coefficient (Wildman–Crippen LogP) is 5.99. The molecule has 6 heteroatoms. The Hall–Kier alpha value is -1.98. The molecule has 0 unspecified atom stereocenters. The van der Waals surface area contributed by atoms with Gasteiger partial charge in [0.25, 0.3) is 0 Å². The molecule has 150 valence electrons. The van der Waals surface area contributed by atoms with Crippen molar-refractivity contribution in [3.8, 4) is 11.1 Å². The lowest BCUT2D eigenvalue weighted by Gasteiger charge is -2.21. The van der Waals surface area contributed by atoms with Crippen LogP contribution < -0.4 is 5.32 Å². The molecule has 1 saturated carbocycles. The number of imidazole rings is 1. The summed E-state index contributed by atoms with van der Waals surface area (Å²) in [6.45, 7) is 1.03. The molecule has 0 bridgehead atoms. The molecule has 1 fully saturated rings. The number of halogens is 3. The van der Waals surface area contributed by atoms with E-state index in [1.807, 2.05) is 18.2 Å². The number of H-pyrrole nitrogens is 1. The summed E-state index contributed by atoms with van der Waals surface area (Å²) in [6, 6.07) is 8.37. The van der Waals surface area contributed by atoms with Crippen molar-refractivity contribution in [2.24, 2.45) is 5.92 Å². The summed E-state index contributed by atoms with van der Waals surface area (Å²) in [6.07, 6.45) is 9.26. The van der Waals surface area contributed by atoms with Crippen LogP contribution in [-0.2, 0) is 6.54 Å². The second kappa shape index (κ2) is 9.48. The van der Waals surface area contributed by atoms with E-state index >= 15 is 0 Å². The van der Waals surface area contributed by atoms with E-state index in [9.17, 15) is 8.78 Å². The smallest absolute Gasteiger partial charge is 0.131 e. The van der Waals surface area contributed by atoms with Crippen LogP contribution in [0.4, 0.5) is 8.78 Å². The zero-order valence-electron chi connectivity index (χ0n) is 15.8. The van der Waals surface area contributed by atoms with Gasteiger partial charge in [-0.15, -0.1) is 12.4 Å². The first-order valence-corrected chi connectivity index (χ1v) is 9.83. The number of aromatic amines is 1. The van der Waals surface area contributed by atoms with E-state index in [4.69, 9.17) is 0 Å². The third-order valence-electron chi connectivity index (χ3n) is 5.65. The van der Waals surface area contributed by atoms with E-state index in [-0.39, 0.29) is 24.5 Å². The van der Waals surface area contributed by atoms with Crippen molar-refractivity contribution in [3.05, 3.63) is 53.9 Å². The summed E-state index contributed by atoms with van der Waals surface area (Å²) in [5.41, 5.74) is 3.08. The van der Waals surface area contributed by atoms with Crippen LogP contribution in [0.5, 0.6) is 0 Å². The van der Waals surface area contributed by atoms with Gasteiger partial charge in [-0.05, 0) is 54.3 Å². The van der Waals surface area contributed by atoms with Crippen LogP contribution in [-0.4, -0.2) is 16.5 Å². The highest BCUT2D eigenvalue weighted by Gasteiger charge is 2.15. The summed E-state index contributed by atoms with van der Waals surface area (Å²) < 4.78 is 29.1. The quantitative estimate of drug-likeness (QED) is 0.494. The number of nitrogens with one attached hydrogen (secondary N) is 2. The number of nitrogens with zero attached hydrogens (tertiary/aromatic N) is 1. The van der Waals surface area contributed by atoms with Gasteiger partial charge in [-0.25, -0.2) is 13.8 Å². The van der Waals surface area contributed by atoms with Crippen LogP contribution in [0.25, 0.3) is 22.2 Å². The minimum Gasteiger partial charge on any atom is -0.345 e. The van der Waals surface area contributed by atoms with Gasteiger partial charge in [0.2, 0.25) is 0 Å². The number of hydrogen-bond donors (Lipinski definition) is 2. The Morgan fingerprint density at radius 1 is 1.00 bits per heavy atom. The van der Waals surface area contributed by atoms with Crippen molar-refractivity contribution in [3.63, 3.8) is 0 Å². The fraction of sp³-hybridized carbons (Fsp3) is 0.409. The van der Waals surface area contributed by atoms with Gasteiger partial charge in [0.1, 0.15) is 11.6 Å². The van der Waals surface area contributed by atoms with Gasteiger partial charge in [-0.1, -0.05) is 38.2 Å². The molecule has 0 spiro atoms. The monoisotopic (exact) mass is 405 g/mol. The van der Waals surface area contributed by atoms with Crippen molar-refractivity contribution in [1.29, 1.82) is 0 Å². The summed E-state index contributed by atoms with van der Waals surface area (Å²) in [5.74, 6) is -0.241. The first-order valence-electron chi connectivity index (χ1n) is 9.83. The molecule has 0 saturated heterocycles. The topological polar surface area (TPSA) is 40.7 Å². The number of rotatable bonds is 6. The summed E-state index contributed by atoms with van der Waals surface area (Å²) >= 11 is 0. The average molecular weight is 406 g/mol. The van der Waals surface area contributed by atoms with Gasteiger partial charge in [0.05, 0.1) is 17.4 Å². The number of benzene rings is 2. The van der Waals surface area contributed by atoms with Crippen LogP contribution >= 0.6 is 12.4 Å². The van der Waals surface area contributed by atoms with E-state index in [0.29, 0.717) is 5.56 Å². The lowest BCUT2D eigenvalue weighted by molar-refractivity contribution is 0.333. The average Bonchev–Trinajstić information content (AvgIpc) is 3.15. The van der Waals surface area contributed by atoms with Crippen LogP contribution in [0.3, 0.4) is 0 Å². The van der Waals surface area contributed by atoms with E-state index < -0.39 is 11.6 Å². The highest BCUT2D eigenvalue weighted by molar-refractivity contribution is 5.85. The van der Waals surface area contributed by atoms with Gasteiger partial charge < -0.3 is 10.3 Å². The molecule has 1 aromatic heterocycles. The minimum atomic E-state index is -0.503. The molecular weight excluding hydrogens is 380 g/mol. The fourth-order valence-corrected chi connectivity index (χ4v) is 4.05.